The van der Waals surface area contributed by atoms with Gasteiger partial charge in [-0.1, -0.05) is 18.2 Å². The van der Waals surface area contributed by atoms with Gasteiger partial charge in [0.15, 0.2) is 0 Å². The molecule has 0 saturated carbocycles. The van der Waals surface area contributed by atoms with Gasteiger partial charge in [-0.15, -0.1) is 0 Å². The average Bonchev–Trinajstić information content (AvgIpc) is 2.72. The summed E-state index contributed by atoms with van der Waals surface area (Å²) in [6, 6.07) is 5.02. The molecule has 1 aliphatic rings. The number of carbonyl (C=O) groups excluding carboxylic acids is 2. The maximum Gasteiger partial charge on any atom is 0.269 e. The average molecular weight is 388 g/mol. The molecule has 0 aromatic carbocycles. The summed E-state index contributed by atoms with van der Waals surface area (Å²) in [5.41, 5.74) is 1.94. The Balaban J connectivity index is 1.92. The van der Waals surface area contributed by atoms with Crippen LogP contribution in [-0.4, -0.2) is 58.4 Å². The van der Waals surface area contributed by atoms with Crippen molar-refractivity contribution < 1.29 is 14.3 Å². The molecule has 0 spiro atoms. The number of nitrogens with one attached hydrogen (secondary N) is 1. The highest BCUT2D eigenvalue weighted by Gasteiger charge is 2.25. The fourth-order valence-corrected chi connectivity index (χ4v) is 2.98. The molecule has 1 aliphatic heterocycles. The standard InChI is InChI=1S/C18H18ClN5O3/c1-3-17(25)24-4-5-27-15(9-24)11-6-13(23-16(19)7-11)12-8-14(18(26)20-2)22-10-21-12/h3,6-8,10,15H,1,4-5,9H2,2H3,(H,20,26)/t15-/m1/s1. The zero-order chi connectivity index (χ0) is 19.4. The minimum atomic E-state index is -0.345. The zero-order valence-corrected chi connectivity index (χ0v) is 15.4. The molecule has 1 saturated heterocycles. The number of hydrogen-bond acceptors (Lipinski definition) is 6. The Morgan fingerprint density at radius 2 is 2.15 bits per heavy atom. The molecule has 1 N–H and O–H groups in total. The van der Waals surface area contributed by atoms with Crippen molar-refractivity contribution >= 4 is 23.4 Å². The number of halogens is 1. The molecule has 0 bridgehead atoms. The van der Waals surface area contributed by atoms with Crippen molar-refractivity contribution in [3.05, 3.63) is 53.6 Å². The molecule has 2 aromatic heterocycles. The molecule has 27 heavy (non-hydrogen) atoms. The van der Waals surface area contributed by atoms with Crippen molar-refractivity contribution in [3.63, 3.8) is 0 Å². The fourth-order valence-electron chi connectivity index (χ4n) is 2.76. The second-order valence-corrected chi connectivity index (χ2v) is 6.21. The van der Waals surface area contributed by atoms with Gasteiger partial charge in [-0.25, -0.2) is 15.0 Å². The molecule has 0 aliphatic carbocycles. The molecule has 140 valence electrons. The fraction of sp³-hybridized carbons (Fsp3) is 0.278. The van der Waals surface area contributed by atoms with Gasteiger partial charge in [0.25, 0.3) is 5.91 Å². The predicted octanol–water partition coefficient (Wildman–Crippen LogP) is 1.64. The molecule has 3 heterocycles. The van der Waals surface area contributed by atoms with Crippen LogP contribution in [0.1, 0.15) is 22.2 Å². The number of morpholine rings is 1. The van der Waals surface area contributed by atoms with Gasteiger partial charge in [-0.2, -0.15) is 0 Å². The van der Waals surface area contributed by atoms with E-state index in [1.54, 1.807) is 17.0 Å². The lowest BCUT2D eigenvalue weighted by Gasteiger charge is -2.32. The van der Waals surface area contributed by atoms with E-state index in [9.17, 15) is 9.59 Å². The van der Waals surface area contributed by atoms with Crippen LogP contribution in [0.5, 0.6) is 0 Å². The summed E-state index contributed by atoms with van der Waals surface area (Å²) in [6.45, 7) is 4.83. The predicted molar refractivity (Wildman–Crippen MR) is 99.1 cm³/mol. The molecule has 3 rings (SSSR count). The Kier molecular flexibility index (Phi) is 5.78. The summed E-state index contributed by atoms with van der Waals surface area (Å²) in [4.78, 5) is 37.8. The first-order valence-electron chi connectivity index (χ1n) is 8.26. The number of nitrogens with zero attached hydrogens (tertiary/aromatic N) is 4. The Morgan fingerprint density at radius 3 is 2.89 bits per heavy atom. The van der Waals surface area contributed by atoms with Gasteiger partial charge in [-0.05, 0) is 29.8 Å². The third-order valence-electron chi connectivity index (χ3n) is 4.13. The number of rotatable bonds is 4. The Labute approximate surface area is 161 Å². The third kappa shape index (κ3) is 4.29. The van der Waals surface area contributed by atoms with Crippen LogP contribution in [0, 0.1) is 0 Å². The van der Waals surface area contributed by atoms with Crippen molar-refractivity contribution in [2.75, 3.05) is 26.7 Å². The largest absolute Gasteiger partial charge is 0.370 e. The molecule has 0 unspecified atom stereocenters. The maximum atomic E-state index is 11.9. The number of amides is 2. The van der Waals surface area contributed by atoms with Gasteiger partial charge in [0.1, 0.15) is 23.3 Å². The minimum Gasteiger partial charge on any atom is -0.370 e. The van der Waals surface area contributed by atoms with Crippen LogP contribution >= 0.6 is 11.6 Å². The lowest BCUT2D eigenvalue weighted by atomic mass is 10.1. The quantitative estimate of drug-likeness (QED) is 0.632. The van der Waals surface area contributed by atoms with Crippen molar-refractivity contribution in [2.45, 2.75) is 6.10 Å². The van der Waals surface area contributed by atoms with E-state index < -0.39 is 0 Å². The molecule has 1 fully saturated rings. The van der Waals surface area contributed by atoms with E-state index in [1.807, 2.05) is 0 Å². The molecule has 0 radical (unpaired) electrons. The van der Waals surface area contributed by atoms with Crippen LogP contribution in [0.4, 0.5) is 0 Å². The summed E-state index contributed by atoms with van der Waals surface area (Å²) in [6.07, 6.45) is 2.24. The van der Waals surface area contributed by atoms with E-state index in [-0.39, 0.29) is 28.8 Å². The van der Waals surface area contributed by atoms with Gasteiger partial charge in [-0.3, -0.25) is 9.59 Å². The zero-order valence-electron chi connectivity index (χ0n) is 14.7. The highest BCUT2D eigenvalue weighted by atomic mass is 35.5. The van der Waals surface area contributed by atoms with Gasteiger partial charge in [0, 0.05) is 13.6 Å². The SMILES string of the molecule is C=CC(=O)N1CCO[C@@H](c2cc(Cl)nc(-c3cc(C(=O)NC)ncn3)c2)C1. The molecular weight excluding hydrogens is 370 g/mol. The summed E-state index contributed by atoms with van der Waals surface area (Å²) < 4.78 is 5.80. The molecule has 2 aromatic rings. The smallest absolute Gasteiger partial charge is 0.269 e. The first-order valence-corrected chi connectivity index (χ1v) is 8.64. The third-order valence-corrected chi connectivity index (χ3v) is 4.32. The van der Waals surface area contributed by atoms with Crippen LogP contribution in [-0.2, 0) is 9.53 Å². The summed E-state index contributed by atoms with van der Waals surface area (Å²) >= 11 is 6.19. The van der Waals surface area contributed by atoms with Crippen molar-refractivity contribution in [1.82, 2.24) is 25.2 Å². The lowest BCUT2D eigenvalue weighted by molar-refractivity contribution is -0.133. The topological polar surface area (TPSA) is 97.3 Å². The van der Waals surface area contributed by atoms with Gasteiger partial charge in [0.05, 0.1) is 24.5 Å². The van der Waals surface area contributed by atoms with E-state index in [0.29, 0.717) is 31.1 Å². The Bertz CT molecular complexity index is 889. The van der Waals surface area contributed by atoms with Gasteiger partial charge < -0.3 is 15.0 Å². The molecule has 9 heteroatoms. The van der Waals surface area contributed by atoms with E-state index in [2.05, 4.69) is 26.8 Å². The number of carbonyl (C=O) groups is 2. The summed E-state index contributed by atoms with van der Waals surface area (Å²) in [7, 11) is 1.52. The molecular formula is C18H18ClN5O3. The van der Waals surface area contributed by atoms with Crippen LogP contribution in [0.3, 0.4) is 0 Å². The van der Waals surface area contributed by atoms with Crippen molar-refractivity contribution in [3.8, 4) is 11.4 Å². The van der Waals surface area contributed by atoms with Crippen molar-refractivity contribution in [2.24, 2.45) is 0 Å². The summed E-state index contributed by atoms with van der Waals surface area (Å²) in [5.74, 6) is -0.468. The van der Waals surface area contributed by atoms with Crippen LogP contribution in [0.25, 0.3) is 11.4 Å². The summed E-state index contributed by atoms with van der Waals surface area (Å²) in [5, 5.41) is 2.78. The Hall–Kier alpha value is -2.84. The van der Waals surface area contributed by atoms with E-state index in [0.717, 1.165) is 5.56 Å². The maximum absolute atomic E-state index is 11.9. The number of pyridine rings is 1. The second-order valence-electron chi connectivity index (χ2n) is 5.82. The molecule has 2 amide bonds. The number of ether oxygens (including phenoxy) is 1. The van der Waals surface area contributed by atoms with Crippen LogP contribution < -0.4 is 5.32 Å². The highest BCUT2D eigenvalue weighted by molar-refractivity contribution is 6.29. The Morgan fingerprint density at radius 1 is 1.33 bits per heavy atom. The number of hydrogen-bond donors (Lipinski definition) is 1. The lowest BCUT2D eigenvalue weighted by Crippen LogP contribution is -2.41. The van der Waals surface area contributed by atoms with Crippen LogP contribution in [0.2, 0.25) is 5.15 Å². The van der Waals surface area contributed by atoms with E-state index in [1.165, 1.54) is 25.5 Å². The molecule has 8 nitrogen and oxygen atoms in total. The molecule has 1 atom stereocenters. The number of aromatic nitrogens is 3. The monoisotopic (exact) mass is 387 g/mol. The first-order chi connectivity index (χ1) is 13.0. The normalized spacial score (nSPS) is 16.7. The van der Waals surface area contributed by atoms with Crippen LogP contribution in [0.15, 0.2) is 37.2 Å². The minimum absolute atomic E-state index is 0.144. The van der Waals surface area contributed by atoms with Gasteiger partial charge >= 0.3 is 0 Å². The second kappa shape index (κ2) is 8.24. The van der Waals surface area contributed by atoms with Crippen molar-refractivity contribution in [1.29, 1.82) is 0 Å². The van der Waals surface area contributed by atoms with E-state index in [4.69, 9.17) is 16.3 Å². The first kappa shape index (κ1) is 18.9. The van der Waals surface area contributed by atoms with E-state index >= 15 is 0 Å². The van der Waals surface area contributed by atoms with Gasteiger partial charge in [0.2, 0.25) is 5.91 Å². The highest BCUT2D eigenvalue weighted by Crippen LogP contribution is 2.28.